The molecule has 22 heavy (non-hydrogen) atoms. The van der Waals surface area contributed by atoms with Gasteiger partial charge in [0.15, 0.2) is 0 Å². The third kappa shape index (κ3) is 4.90. The summed E-state index contributed by atoms with van der Waals surface area (Å²) in [5, 5.41) is 0.161. The number of hydrogen-bond donors (Lipinski definition) is 0. The van der Waals surface area contributed by atoms with Gasteiger partial charge in [-0.2, -0.15) is 0 Å². The SMILES string of the molecule is Fc1cc(C=NCCN=Cc2ccc(Cl)c(F)c2)ccc1Cl. The highest BCUT2D eigenvalue weighted by Gasteiger charge is 1.99. The quantitative estimate of drug-likeness (QED) is 0.551. The molecule has 2 aromatic rings. The molecular weight excluding hydrogens is 329 g/mol. The predicted molar refractivity (Wildman–Crippen MR) is 87.7 cm³/mol. The number of benzene rings is 2. The molecule has 0 spiro atoms. The fourth-order valence-electron chi connectivity index (χ4n) is 1.64. The molecule has 0 aliphatic carbocycles. The van der Waals surface area contributed by atoms with Crippen molar-refractivity contribution in [1.29, 1.82) is 0 Å². The summed E-state index contributed by atoms with van der Waals surface area (Å²) >= 11 is 11.2. The Balaban J connectivity index is 1.83. The standard InChI is InChI=1S/C16H12Cl2F2N2/c17-13-3-1-11(7-15(13)19)9-21-5-6-22-10-12-2-4-14(18)16(20)8-12/h1-4,7-10H,5-6H2. The maximum absolute atomic E-state index is 13.2. The zero-order chi connectivity index (χ0) is 15.9. The monoisotopic (exact) mass is 340 g/mol. The van der Waals surface area contributed by atoms with Crippen LogP contribution >= 0.6 is 23.2 Å². The van der Waals surface area contributed by atoms with Gasteiger partial charge in [0.1, 0.15) is 11.6 Å². The van der Waals surface area contributed by atoms with Crippen LogP contribution in [0.3, 0.4) is 0 Å². The molecule has 0 saturated carbocycles. The van der Waals surface area contributed by atoms with Crippen LogP contribution < -0.4 is 0 Å². The smallest absolute Gasteiger partial charge is 0.142 e. The van der Waals surface area contributed by atoms with Crippen LogP contribution in [0.1, 0.15) is 11.1 Å². The van der Waals surface area contributed by atoms with Crippen molar-refractivity contribution in [3.63, 3.8) is 0 Å². The van der Waals surface area contributed by atoms with Crippen LogP contribution in [0.2, 0.25) is 10.0 Å². The normalized spacial score (nSPS) is 11.6. The van der Waals surface area contributed by atoms with Gasteiger partial charge in [0.2, 0.25) is 0 Å². The molecule has 0 aromatic heterocycles. The van der Waals surface area contributed by atoms with Crippen molar-refractivity contribution in [1.82, 2.24) is 0 Å². The van der Waals surface area contributed by atoms with Crippen molar-refractivity contribution in [2.45, 2.75) is 0 Å². The van der Waals surface area contributed by atoms with Gasteiger partial charge >= 0.3 is 0 Å². The minimum absolute atomic E-state index is 0.0805. The highest BCUT2D eigenvalue weighted by atomic mass is 35.5. The Kier molecular flexibility index (Phi) is 6.04. The van der Waals surface area contributed by atoms with Crippen molar-refractivity contribution in [3.8, 4) is 0 Å². The highest BCUT2D eigenvalue weighted by molar-refractivity contribution is 6.31. The van der Waals surface area contributed by atoms with E-state index in [2.05, 4.69) is 9.98 Å². The van der Waals surface area contributed by atoms with Gasteiger partial charge in [0.05, 0.1) is 23.1 Å². The van der Waals surface area contributed by atoms with Crippen LogP contribution in [0.15, 0.2) is 46.4 Å². The van der Waals surface area contributed by atoms with Gasteiger partial charge in [-0.15, -0.1) is 0 Å². The summed E-state index contributed by atoms with van der Waals surface area (Å²) in [5.74, 6) is -0.957. The zero-order valence-corrected chi connectivity index (χ0v) is 13.0. The number of aliphatic imine (C=N–C) groups is 2. The van der Waals surface area contributed by atoms with Gasteiger partial charge < -0.3 is 0 Å². The molecule has 2 aromatic carbocycles. The fourth-order valence-corrected chi connectivity index (χ4v) is 1.88. The Morgan fingerprint density at radius 2 is 1.18 bits per heavy atom. The average molecular weight is 341 g/mol. The molecule has 0 N–H and O–H groups in total. The maximum atomic E-state index is 13.2. The molecule has 2 nitrogen and oxygen atoms in total. The summed E-state index contributed by atoms with van der Waals surface area (Å²) in [5.41, 5.74) is 1.26. The summed E-state index contributed by atoms with van der Waals surface area (Å²) in [6.45, 7) is 0.883. The Labute approximate surface area is 137 Å². The first-order valence-corrected chi connectivity index (χ1v) is 7.21. The van der Waals surface area contributed by atoms with Crippen LogP contribution in [-0.4, -0.2) is 25.5 Å². The molecule has 0 bridgehead atoms. The van der Waals surface area contributed by atoms with Crippen molar-refractivity contribution in [2.24, 2.45) is 9.98 Å². The largest absolute Gasteiger partial charge is 0.291 e. The third-order valence-corrected chi connectivity index (χ3v) is 3.34. The third-order valence-electron chi connectivity index (χ3n) is 2.73. The molecular formula is C16H12Cl2F2N2. The lowest BCUT2D eigenvalue weighted by atomic mass is 10.2. The minimum Gasteiger partial charge on any atom is -0.291 e. The topological polar surface area (TPSA) is 24.7 Å². The molecule has 0 atom stereocenters. The van der Waals surface area contributed by atoms with E-state index in [1.54, 1.807) is 24.6 Å². The van der Waals surface area contributed by atoms with E-state index >= 15 is 0 Å². The van der Waals surface area contributed by atoms with Crippen LogP contribution in [0.25, 0.3) is 0 Å². The summed E-state index contributed by atoms with van der Waals surface area (Å²) < 4.78 is 26.4. The van der Waals surface area contributed by atoms with E-state index in [-0.39, 0.29) is 10.0 Å². The summed E-state index contributed by atoms with van der Waals surface area (Å²) in [7, 11) is 0. The Morgan fingerprint density at radius 1 is 0.773 bits per heavy atom. The van der Waals surface area contributed by atoms with Gasteiger partial charge in [0.25, 0.3) is 0 Å². The maximum Gasteiger partial charge on any atom is 0.142 e. The number of rotatable bonds is 5. The van der Waals surface area contributed by atoms with E-state index < -0.39 is 11.6 Å². The van der Waals surface area contributed by atoms with Gasteiger partial charge in [-0.25, -0.2) is 8.78 Å². The fraction of sp³-hybridized carbons (Fsp3) is 0.125. The second-order valence-corrected chi connectivity index (χ2v) is 5.23. The van der Waals surface area contributed by atoms with Crippen LogP contribution in [0, 0.1) is 11.6 Å². The number of nitrogens with zero attached hydrogens (tertiary/aromatic N) is 2. The lowest BCUT2D eigenvalue weighted by molar-refractivity contribution is 0.627. The molecule has 2 rings (SSSR count). The highest BCUT2D eigenvalue weighted by Crippen LogP contribution is 2.15. The molecule has 0 unspecified atom stereocenters. The number of halogens is 4. The van der Waals surface area contributed by atoms with E-state index in [9.17, 15) is 8.78 Å². The van der Waals surface area contributed by atoms with Crippen molar-refractivity contribution < 1.29 is 8.78 Å². The van der Waals surface area contributed by atoms with Gasteiger partial charge in [-0.1, -0.05) is 35.3 Å². The minimum atomic E-state index is -0.478. The summed E-state index contributed by atoms with van der Waals surface area (Å²) in [6, 6.07) is 8.93. The predicted octanol–water partition coefficient (Wildman–Crippen LogP) is 4.81. The first-order valence-electron chi connectivity index (χ1n) is 6.46. The average Bonchev–Trinajstić information content (AvgIpc) is 2.50. The molecule has 0 radical (unpaired) electrons. The van der Waals surface area contributed by atoms with Crippen LogP contribution in [0.4, 0.5) is 8.78 Å². The summed E-state index contributed by atoms with van der Waals surface area (Å²) in [6.07, 6.45) is 3.10. The number of hydrogen-bond acceptors (Lipinski definition) is 2. The molecule has 0 heterocycles. The molecule has 114 valence electrons. The summed E-state index contributed by atoms with van der Waals surface area (Å²) in [4.78, 5) is 8.26. The van der Waals surface area contributed by atoms with E-state index in [4.69, 9.17) is 23.2 Å². The molecule has 6 heteroatoms. The Bertz CT molecular complexity index is 654. The molecule has 0 fully saturated rings. The van der Waals surface area contributed by atoms with Gasteiger partial charge in [0, 0.05) is 12.4 Å². The van der Waals surface area contributed by atoms with Crippen molar-refractivity contribution in [3.05, 3.63) is 69.2 Å². The van der Waals surface area contributed by atoms with E-state index in [0.717, 1.165) is 0 Å². The Hall–Kier alpha value is -1.78. The zero-order valence-electron chi connectivity index (χ0n) is 11.4. The first kappa shape index (κ1) is 16.6. The lowest BCUT2D eigenvalue weighted by Crippen LogP contribution is -1.91. The second kappa shape index (κ2) is 8.01. The van der Waals surface area contributed by atoms with Crippen molar-refractivity contribution >= 4 is 35.6 Å². The van der Waals surface area contributed by atoms with E-state index in [1.165, 1.54) is 24.3 Å². The molecule has 0 aliphatic heterocycles. The molecule has 0 saturated heterocycles. The van der Waals surface area contributed by atoms with Gasteiger partial charge in [-0.3, -0.25) is 9.98 Å². The first-order chi connectivity index (χ1) is 10.6. The van der Waals surface area contributed by atoms with E-state index in [0.29, 0.717) is 24.2 Å². The molecule has 0 aliphatic rings. The van der Waals surface area contributed by atoms with Crippen LogP contribution in [0.5, 0.6) is 0 Å². The lowest BCUT2D eigenvalue weighted by Gasteiger charge is -1.97. The second-order valence-electron chi connectivity index (χ2n) is 4.42. The van der Waals surface area contributed by atoms with Crippen LogP contribution in [-0.2, 0) is 0 Å². The van der Waals surface area contributed by atoms with E-state index in [1.807, 2.05) is 0 Å². The van der Waals surface area contributed by atoms with Crippen molar-refractivity contribution in [2.75, 3.05) is 13.1 Å². The molecule has 0 amide bonds. The van der Waals surface area contributed by atoms with Gasteiger partial charge in [-0.05, 0) is 35.4 Å². The Morgan fingerprint density at radius 3 is 1.55 bits per heavy atom.